The summed E-state index contributed by atoms with van der Waals surface area (Å²) in [4.78, 5) is 16.5. The minimum Gasteiger partial charge on any atom is -0.359 e. The van der Waals surface area contributed by atoms with E-state index >= 15 is 0 Å². The topological polar surface area (TPSA) is 60.9 Å². The molecule has 0 bridgehead atoms. The molecule has 0 aliphatic rings. The summed E-state index contributed by atoms with van der Waals surface area (Å²) in [6.45, 7) is 2.14. The van der Waals surface area contributed by atoms with Gasteiger partial charge in [0, 0.05) is 11.1 Å². The maximum absolute atomic E-state index is 12.3. The summed E-state index contributed by atoms with van der Waals surface area (Å²) < 4.78 is 6.58. The van der Waals surface area contributed by atoms with Gasteiger partial charge >= 0.3 is 0 Å². The molecular formula is C13H10ClN3O2. The van der Waals surface area contributed by atoms with E-state index < -0.39 is 0 Å². The Kier molecular flexibility index (Phi) is 2.83. The fraction of sp³-hybridized carbons (Fsp3) is 0.154. The van der Waals surface area contributed by atoms with Gasteiger partial charge in [-0.2, -0.15) is 0 Å². The number of fused-ring (bicyclic) bond motifs is 1. The van der Waals surface area contributed by atoms with E-state index in [1.165, 1.54) is 10.9 Å². The van der Waals surface area contributed by atoms with Crippen LogP contribution in [0.5, 0.6) is 0 Å². The summed E-state index contributed by atoms with van der Waals surface area (Å²) in [5, 5.41) is 4.88. The van der Waals surface area contributed by atoms with Crippen molar-refractivity contribution < 1.29 is 4.52 Å². The zero-order valence-corrected chi connectivity index (χ0v) is 10.9. The molecule has 1 aromatic carbocycles. The first-order valence-electron chi connectivity index (χ1n) is 5.70. The highest BCUT2D eigenvalue weighted by atomic mass is 35.5. The first-order valence-corrected chi connectivity index (χ1v) is 6.08. The van der Waals surface area contributed by atoms with Crippen molar-refractivity contribution in [3.63, 3.8) is 0 Å². The van der Waals surface area contributed by atoms with Crippen molar-refractivity contribution in [2.24, 2.45) is 0 Å². The number of halogens is 1. The van der Waals surface area contributed by atoms with Gasteiger partial charge in [-0.3, -0.25) is 9.36 Å². The number of hydrogen-bond donors (Lipinski definition) is 0. The predicted octanol–water partition coefficient (Wildman–Crippen LogP) is 2.39. The second-order valence-corrected chi connectivity index (χ2v) is 4.71. The summed E-state index contributed by atoms with van der Waals surface area (Å²) in [6, 6.07) is 6.81. The van der Waals surface area contributed by atoms with Crippen LogP contribution in [0.15, 0.2) is 39.9 Å². The second kappa shape index (κ2) is 4.51. The van der Waals surface area contributed by atoms with Gasteiger partial charge in [0.1, 0.15) is 0 Å². The Balaban J connectivity index is 2.08. The Hall–Kier alpha value is -2.14. The maximum Gasteiger partial charge on any atom is 0.261 e. The Bertz CT molecular complexity index is 807. The van der Waals surface area contributed by atoms with Crippen molar-refractivity contribution in [1.82, 2.24) is 14.7 Å². The molecule has 0 spiro atoms. The van der Waals surface area contributed by atoms with Crippen molar-refractivity contribution in [3.05, 3.63) is 57.4 Å². The molecule has 0 radical (unpaired) electrons. The number of aryl methyl sites for hydroxylation is 1. The number of nitrogens with zero attached hydrogens (tertiary/aromatic N) is 3. The standard InChI is InChI=1S/C13H10ClN3O2/c1-8-4-10(19-16-8)6-17-7-15-12-5-9(14)2-3-11(12)13(17)18/h2-5,7H,6H2,1H3. The highest BCUT2D eigenvalue weighted by Crippen LogP contribution is 2.14. The highest BCUT2D eigenvalue weighted by molar-refractivity contribution is 6.31. The van der Waals surface area contributed by atoms with E-state index in [4.69, 9.17) is 16.1 Å². The summed E-state index contributed by atoms with van der Waals surface area (Å²) in [5.41, 5.74) is 1.24. The Morgan fingerprint density at radius 3 is 2.95 bits per heavy atom. The van der Waals surface area contributed by atoms with Gasteiger partial charge in [0.15, 0.2) is 5.76 Å². The lowest BCUT2D eigenvalue weighted by molar-refractivity contribution is 0.371. The minimum atomic E-state index is -0.129. The van der Waals surface area contributed by atoms with Crippen LogP contribution in [0.25, 0.3) is 10.9 Å². The summed E-state index contributed by atoms with van der Waals surface area (Å²) in [5.74, 6) is 0.620. The average molecular weight is 276 g/mol. The van der Waals surface area contributed by atoms with Crippen LogP contribution in [-0.4, -0.2) is 14.7 Å². The van der Waals surface area contributed by atoms with E-state index in [0.717, 1.165) is 5.69 Å². The van der Waals surface area contributed by atoms with Gasteiger partial charge in [-0.15, -0.1) is 0 Å². The molecule has 0 N–H and O–H groups in total. The van der Waals surface area contributed by atoms with E-state index in [2.05, 4.69) is 10.1 Å². The summed E-state index contributed by atoms with van der Waals surface area (Å²) in [7, 11) is 0. The smallest absolute Gasteiger partial charge is 0.261 e. The van der Waals surface area contributed by atoms with Crippen LogP contribution in [0, 0.1) is 6.92 Å². The zero-order chi connectivity index (χ0) is 13.4. The van der Waals surface area contributed by atoms with Gasteiger partial charge in [-0.25, -0.2) is 4.98 Å². The van der Waals surface area contributed by atoms with Crippen molar-refractivity contribution in [2.45, 2.75) is 13.5 Å². The first kappa shape index (κ1) is 11.9. The van der Waals surface area contributed by atoms with E-state index in [-0.39, 0.29) is 5.56 Å². The molecule has 0 fully saturated rings. The van der Waals surface area contributed by atoms with Crippen LogP contribution < -0.4 is 5.56 Å². The van der Waals surface area contributed by atoms with Gasteiger partial charge in [-0.05, 0) is 25.1 Å². The monoisotopic (exact) mass is 275 g/mol. The molecule has 0 saturated heterocycles. The third kappa shape index (κ3) is 2.24. The van der Waals surface area contributed by atoms with Gasteiger partial charge in [-0.1, -0.05) is 16.8 Å². The third-order valence-corrected chi connectivity index (χ3v) is 3.03. The number of aromatic nitrogens is 3. The van der Waals surface area contributed by atoms with Gasteiger partial charge in [0.05, 0.1) is 29.5 Å². The largest absolute Gasteiger partial charge is 0.359 e. The van der Waals surface area contributed by atoms with Gasteiger partial charge in [0.25, 0.3) is 5.56 Å². The van der Waals surface area contributed by atoms with Gasteiger partial charge < -0.3 is 4.52 Å². The molecular weight excluding hydrogens is 266 g/mol. The second-order valence-electron chi connectivity index (χ2n) is 4.27. The van der Waals surface area contributed by atoms with Crippen LogP contribution in [0.4, 0.5) is 0 Å². The molecule has 3 rings (SSSR count). The maximum atomic E-state index is 12.3. The molecule has 0 amide bonds. The van der Waals surface area contributed by atoms with Crippen molar-refractivity contribution in [2.75, 3.05) is 0 Å². The fourth-order valence-corrected chi connectivity index (χ4v) is 2.07. The lowest BCUT2D eigenvalue weighted by Gasteiger charge is -2.04. The Morgan fingerprint density at radius 1 is 1.37 bits per heavy atom. The molecule has 0 unspecified atom stereocenters. The van der Waals surface area contributed by atoms with Crippen LogP contribution in [0.1, 0.15) is 11.5 Å². The molecule has 19 heavy (non-hydrogen) atoms. The molecule has 0 aliphatic heterocycles. The Morgan fingerprint density at radius 2 is 2.21 bits per heavy atom. The molecule has 3 aromatic rings. The minimum absolute atomic E-state index is 0.129. The zero-order valence-electron chi connectivity index (χ0n) is 10.1. The van der Waals surface area contributed by atoms with E-state index in [1.54, 1.807) is 24.3 Å². The predicted molar refractivity (Wildman–Crippen MR) is 71.4 cm³/mol. The molecule has 2 aromatic heterocycles. The molecule has 0 aliphatic carbocycles. The van der Waals surface area contributed by atoms with E-state index in [1.807, 2.05) is 6.92 Å². The number of benzene rings is 1. The molecule has 96 valence electrons. The molecule has 0 atom stereocenters. The average Bonchev–Trinajstić information content (AvgIpc) is 2.78. The molecule has 0 saturated carbocycles. The molecule has 5 nitrogen and oxygen atoms in total. The third-order valence-electron chi connectivity index (χ3n) is 2.79. The number of hydrogen-bond acceptors (Lipinski definition) is 4. The highest BCUT2D eigenvalue weighted by Gasteiger charge is 2.07. The quantitative estimate of drug-likeness (QED) is 0.720. The SMILES string of the molecule is Cc1cc(Cn2cnc3cc(Cl)ccc3c2=O)on1. The lowest BCUT2D eigenvalue weighted by Crippen LogP contribution is -2.20. The van der Waals surface area contributed by atoms with E-state index in [9.17, 15) is 4.79 Å². The van der Waals surface area contributed by atoms with Crippen molar-refractivity contribution in [1.29, 1.82) is 0 Å². The normalized spacial score (nSPS) is 11.1. The van der Waals surface area contributed by atoms with Crippen molar-refractivity contribution >= 4 is 22.5 Å². The lowest BCUT2D eigenvalue weighted by atomic mass is 10.2. The van der Waals surface area contributed by atoms with Crippen LogP contribution >= 0.6 is 11.6 Å². The summed E-state index contributed by atoms with van der Waals surface area (Å²) in [6.07, 6.45) is 1.48. The van der Waals surface area contributed by atoms with Crippen LogP contribution in [-0.2, 0) is 6.54 Å². The molecule has 6 heteroatoms. The van der Waals surface area contributed by atoms with Crippen LogP contribution in [0.2, 0.25) is 5.02 Å². The van der Waals surface area contributed by atoms with Crippen molar-refractivity contribution in [3.8, 4) is 0 Å². The van der Waals surface area contributed by atoms with E-state index in [0.29, 0.717) is 28.2 Å². The number of rotatable bonds is 2. The summed E-state index contributed by atoms with van der Waals surface area (Å²) >= 11 is 5.87. The first-order chi connectivity index (χ1) is 9.13. The van der Waals surface area contributed by atoms with Gasteiger partial charge in [0.2, 0.25) is 0 Å². The Labute approximate surface area is 113 Å². The molecule has 2 heterocycles. The van der Waals surface area contributed by atoms with Crippen LogP contribution in [0.3, 0.4) is 0 Å². The fourth-order valence-electron chi connectivity index (χ4n) is 1.90.